The van der Waals surface area contributed by atoms with Gasteiger partial charge in [-0.3, -0.25) is 0 Å². The van der Waals surface area contributed by atoms with E-state index >= 15 is 0 Å². The molecular weight excluding hydrogens is 286 g/mol. The minimum absolute atomic E-state index is 0.597. The van der Waals surface area contributed by atoms with Crippen LogP contribution in [0.15, 0.2) is 53.1 Å². The highest BCUT2D eigenvalue weighted by atomic mass is 16.5. The van der Waals surface area contributed by atoms with Crippen molar-refractivity contribution in [1.29, 1.82) is 0 Å². The second-order valence-corrected chi connectivity index (χ2v) is 5.63. The molecule has 0 saturated carbocycles. The summed E-state index contributed by atoms with van der Waals surface area (Å²) in [7, 11) is 1.95. The molecule has 4 heteroatoms. The number of likely N-dealkylation sites (N-methyl/N-ethyl adjacent to an activating group) is 1. The van der Waals surface area contributed by atoms with Crippen molar-refractivity contribution in [2.24, 2.45) is 0 Å². The standard InChI is InChI=1S/C19H21N3O/c1-14-7-3-4-9-16(14)13-18-21-19(23-22-18)17-10-6-5-8-15(17)11-12-20-2/h3-10,20H,11-13H2,1-2H3. The average Bonchev–Trinajstić information content (AvgIpc) is 3.04. The van der Waals surface area contributed by atoms with Crippen LogP contribution in [0.2, 0.25) is 0 Å². The van der Waals surface area contributed by atoms with E-state index in [9.17, 15) is 0 Å². The van der Waals surface area contributed by atoms with Crippen molar-refractivity contribution in [2.45, 2.75) is 19.8 Å². The molecule has 0 aliphatic rings. The third-order valence-corrected chi connectivity index (χ3v) is 3.97. The van der Waals surface area contributed by atoms with Crippen molar-refractivity contribution in [3.8, 4) is 11.5 Å². The van der Waals surface area contributed by atoms with Crippen molar-refractivity contribution in [3.63, 3.8) is 0 Å². The maximum absolute atomic E-state index is 5.50. The summed E-state index contributed by atoms with van der Waals surface area (Å²) in [4.78, 5) is 4.59. The van der Waals surface area contributed by atoms with E-state index in [0.717, 1.165) is 24.4 Å². The quantitative estimate of drug-likeness (QED) is 0.758. The predicted molar refractivity (Wildman–Crippen MR) is 91.3 cm³/mol. The molecule has 0 fully saturated rings. The maximum atomic E-state index is 5.50. The third-order valence-electron chi connectivity index (χ3n) is 3.97. The lowest BCUT2D eigenvalue weighted by atomic mass is 10.0. The van der Waals surface area contributed by atoms with Crippen molar-refractivity contribution in [2.75, 3.05) is 13.6 Å². The van der Waals surface area contributed by atoms with Gasteiger partial charge in [-0.15, -0.1) is 0 Å². The molecule has 0 bridgehead atoms. The van der Waals surface area contributed by atoms with Crippen LogP contribution in [0.3, 0.4) is 0 Å². The molecule has 118 valence electrons. The first kappa shape index (κ1) is 15.4. The van der Waals surface area contributed by atoms with Gasteiger partial charge in [-0.25, -0.2) is 0 Å². The van der Waals surface area contributed by atoms with Crippen molar-refractivity contribution in [3.05, 3.63) is 71.0 Å². The topological polar surface area (TPSA) is 51.0 Å². The average molecular weight is 307 g/mol. The number of rotatable bonds is 6. The van der Waals surface area contributed by atoms with Crippen LogP contribution in [0.25, 0.3) is 11.5 Å². The van der Waals surface area contributed by atoms with Gasteiger partial charge in [-0.05, 0) is 49.7 Å². The summed E-state index contributed by atoms with van der Waals surface area (Å²) in [5.41, 5.74) is 4.70. The van der Waals surface area contributed by atoms with E-state index in [4.69, 9.17) is 4.52 Å². The molecule has 0 aliphatic carbocycles. The largest absolute Gasteiger partial charge is 0.334 e. The van der Waals surface area contributed by atoms with Crippen LogP contribution in [-0.4, -0.2) is 23.7 Å². The van der Waals surface area contributed by atoms with Crippen LogP contribution in [0.4, 0.5) is 0 Å². The molecule has 0 radical (unpaired) electrons. The summed E-state index contributed by atoms with van der Waals surface area (Å²) < 4.78 is 5.50. The van der Waals surface area contributed by atoms with Gasteiger partial charge in [0.05, 0.1) is 0 Å². The molecule has 0 amide bonds. The molecule has 1 N–H and O–H groups in total. The number of nitrogens with zero attached hydrogens (tertiary/aromatic N) is 2. The summed E-state index contributed by atoms with van der Waals surface area (Å²) in [5.74, 6) is 1.32. The highest BCUT2D eigenvalue weighted by Crippen LogP contribution is 2.23. The highest BCUT2D eigenvalue weighted by Gasteiger charge is 2.13. The number of aromatic nitrogens is 2. The van der Waals surface area contributed by atoms with E-state index in [1.54, 1.807) is 0 Å². The molecule has 1 aromatic heterocycles. The molecule has 0 saturated heterocycles. The lowest BCUT2D eigenvalue weighted by Crippen LogP contribution is -2.10. The first-order valence-corrected chi connectivity index (χ1v) is 7.88. The van der Waals surface area contributed by atoms with Crippen LogP contribution >= 0.6 is 0 Å². The first-order chi connectivity index (χ1) is 11.3. The monoisotopic (exact) mass is 307 g/mol. The van der Waals surface area contributed by atoms with E-state index in [1.807, 2.05) is 37.4 Å². The molecule has 0 spiro atoms. The van der Waals surface area contributed by atoms with Crippen LogP contribution < -0.4 is 5.32 Å². The van der Waals surface area contributed by atoms with E-state index in [-0.39, 0.29) is 0 Å². The van der Waals surface area contributed by atoms with Gasteiger partial charge in [0.2, 0.25) is 0 Å². The van der Waals surface area contributed by atoms with E-state index in [2.05, 4.69) is 40.6 Å². The van der Waals surface area contributed by atoms with Crippen molar-refractivity contribution in [1.82, 2.24) is 15.5 Å². The lowest BCUT2D eigenvalue weighted by molar-refractivity contribution is 0.423. The third kappa shape index (κ3) is 3.66. The van der Waals surface area contributed by atoms with Gasteiger partial charge in [0, 0.05) is 12.0 Å². The van der Waals surface area contributed by atoms with Crippen LogP contribution in [0.1, 0.15) is 22.5 Å². The lowest BCUT2D eigenvalue weighted by Gasteiger charge is -2.05. The number of benzene rings is 2. The summed E-state index contributed by atoms with van der Waals surface area (Å²) in [5, 5.41) is 7.32. The van der Waals surface area contributed by atoms with Crippen molar-refractivity contribution >= 4 is 0 Å². The van der Waals surface area contributed by atoms with Crippen LogP contribution in [0, 0.1) is 6.92 Å². The molecule has 23 heavy (non-hydrogen) atoms. The summed E-state index contributed by atoms with van der Waals surface area (Å²) in [6, 6.07) is 16.5. The molecule has 0 atom stereocenters. The van der Waals surface area contributed by atoms with E-state index in [1.165, 1.54) is 16.7 Å². The highest BCUT2D eigenvalue weighted by molar-refractivity contribution is 5.58. The zero-order valence-electron chi connectivity index (χ0n) is 13.5. The first-order valence-electron chi connectivity index (χ1n) is 7.88. The Bertz CT molecular complexity index is 780. The van der Waals surface area contributed by atoms with Gasteiger partial charge in [-0.2, -0.15) is 4.98 Å². The van der Waals surface area contributed by atoms with Crippen LogP contribution in [0.5, 0.6) is 0 Å². The molecule has 3 aromatic rings. The Balaban J connectivity index is 1.84. The molecule has 2 aromatic carbocycles. The number of hydrogen-bond acceptors (Lipinski definition) is 4. The van der Waals surface area contributed by atoms with Gasteiger partial charge < -0.3 is 9.84 Å². The number of nitrogens with one attached hydrogen (secondary N) is 1. The Labute approximate surface area is 136 Å². The molecule has 0 aliphatic heterocycles. The summed E-state index contributed by atoms with van der Waals surface area (Å²) in [6.07, 6.45) is 1.62. The van der Waals surface area contributed by atoms with Gasteiger partial charge in [0.1, 0.15) is 0 Å². The Morgan fingerprint density at radius 1 is 1.00 bits per heavy atom. The van der Waals surface area contributed by atoms with Crippen LogP contribution in [-0.2, 0) is 12.8 Å². The van der Waals surface area contributed by atoms with Gasteiger partial charge in [-0.1, -0.05) is 47.6 Å². The van der Waals surface area contributed by atoms with E-state index in [0.29, 0.717) is 12.3 Å². The zero-order chi connectivity index (χ0) is 16.1. The van der Waals surface area contributed by atoms with Gasteiger partial charge in [0.25, 0.3) is 5.89 Å². The van der Waals surface area contributed by atoms with E-state index < -0.39 is 0 Å². The summed E-state index contributed by atoms with van der Waals surface area (Å²) in [6.45, 7) is 3.02. The summed E-state index contributed by atoms with van der Waals surface area (Å²) >= 11 is 0. The SMILES string of the molecule is CNCCc1ccccc1-c1nc(Cc2ccccc2C)no1. The Morgan fingerprint density at radius 2 is 1.74 bits per heavy atom. The predicted octanol–water partition coefficient (Wildman–Crippen LogP) is 3.40. The molecule has 0 unspecified atom stereocenters. The Hall–Kier alpha value is -2.46. The fourth-order valence-electron chi connectivity index (χ4n) is 2.62. The van der Waals surface area contributed by atoms with Gasteiger partial charge >= 0.3 is 0 Å². The normalized spacial score (nSPS) is 10.9. The fraction of sp³-hybridized carbons (Fsp3) is 0.263. The second kappa shape index (κ2) is 7.20. The minimum atomic E-state index is 0.597. The molecule has 3 rings (SSSR count). The molecule has 1 heterocycles. The Morgan fingerprint density at radius 3 is 2.52 bits per heavy atom. The second-order valence-electron chi connectivity index (χ2n) is 5.63. The number of hydrogen-bond donors (Lipinski definition) is 1. The maximum Gasteiger partial charge on any atom is 0.258 e. The number of aryl methyl sites for hydroxylation is 1. The molecule has 4 nitrogen and oxygen atoms in total. The van der Waals surface area contributed by atoms with Gasteiger partial charge in [0.15, 0.2) is 5.82 Å². The smallest absolute Gasteiger partial charge is 0.258 e. The minimum Gasteiger partial charge on any atom is -0.334 e. The Kier molecular flexibility index (Phi) is 4.83. The molecular formula is C19H21N3O. The van der Waals surface area contributed by atoms with Crippen molar-refractivity contribution < 1.29 is 4.52 Å². The zero-order valence-corrected chi connectivity index (χ0v) is 13.5. The fourth-order valence-corrected chi connectivity index (χ4v) is 2.62.